The lowest BCUT2D eigenvalue weighted by Gasteiger charge is -2.13. The van der Waals surface area contributed by atoms with Crippen molar-refractivity contribution >= 4 is 7.82 Å². The molecule has 1 aromatic carbocycles. The van der Waals surface area contributed by atoms with Crippen LogP contribution in [0.2, 0.25) is 0 Å². The fourth-order valence-corrected chi connectivity index (χ4v) is 4.27. The molecule has 0 fully saturated rings. The number of aryl methyl sites for hydroxylation is 2. The van der Waals surface area contributed by atoms with Crippen molar-refractivity contribution in [3.63, 3.8) is 0 Å². The van der Waals surface area contributed by atoms with Gasteiger partial charge in [0.25, 0.3) is 0 Å². The number of rotatable bonds is 21. The quantitative estimate of drug-likeness (QED) is 0.112. The van der Waals surface area contributed by atoms with Gasteiger partial charge in [-0.25, -0.2) is 4.57 Å². The molecule has 0 aliphatic carbocycles. The molecule has 0 saturated heterocycles. The molecule has 0 aliphatic rings. The van der Waals surface area contributed by atoms with Crippen molar-refractivity contribution in [1.82, 2.24) is 0 Å². The third-order valence-electron chi connectivity index (χ3n) is 6.27. The van der Waals surface area contributed by atoms with Gasteiger partial charge in [0.2, 0.25) is 0 Å². The Morgan fingerprint density at radius 3 is 1.51 bits per heavy atom. The Morgan fingerprint density at radius 2 is 1.06 bits per heavy atom. The zero-order valence-electron chi connectivity index (χ0n) is 23.0. The molecule has 0 bridgehead atoms. The number of phosphoric acid groups is 1. The van der Waals surface area contributed by atoms with Gasteiger partial charge in [-0.1, -0.05) is 134 Å². The van der Waals surface area contributed by atoms with E-state index in [4.69, 9.17) is 24.0 Å². The van der Waals surface area contributed by atoms with Crippen LogP contribution in [-0.4, -0.2) is 21.3 Å². The van der Waals surface area contributed by atoms with E-state index in [-0.39, 0.29) is 0 Å². The van der Waals surface area contributed by atoms with Gasteiger partial charge in [0.15, 0.2) is 0 Å². The van der Waals surface area contributed by atoms with Gasteiger partial charge >= 0.3 is 7.82 Å². The Balaban J connectivity index is 0.00000209. The maximum Gasteiger partial charge on any atom is 0.466 e. The maximum absolute atomic E-state index is 8.88. The van der Waals surface area contributed by atoms with Crippen LogP contribution in [0.5, 0.6) is 5.75 Å². The lowest BCUT2D eigenvalue weighted by atomic mass is 10.0. The summed E-state index contributed by atoms with van der Waals surface area (Å²) in [5, 5.41) is 0. The topological polar surface area (TPSA) is 87.0 Å². The van der Waals surface area contributed by atoms with Crippen LogP contribution in [-0.2, 0) is 11.0 Å². The predicted octanol–water partition coefficient (Wildman–Crippen LogP) is 9.05. The number of unbranched alkanes of at least 4 members (excludes halogenated alkanes) is 16. The molecule has 0 aliphatic heterocycles. The third-order valence-corrected chi connectivity index (χ3v) is 6.27. The van der Waals surface area contributed by atoms with Crippen molar-refractivity contribution in [2.75, 3.05) is 6.61 Å². The molecular weight excluding hydrogens is 459 g/mol. The highest BCUT2D eigenvalue weighted by molar-refractivity contribution is 7.45. The van der Waals surface area contributed by atoms with Gasteiger partial charge in [0, 0.05) is 0 Å². The van der Waals surface area contributed by atoms with E-state index in [1.165, 1.54) is 133 Å². The van der Waals surface area contributed by atoms with Gasteiger partial charge in [-0.05, 0) is 37.8 Å². The number of hydrogen-bond donors (Lipinski definition) is 3. The van der Waals surface area contributed by atoms with E-state index in [1.54, 1.807) is 0 Å². The third kappa shape index (κ3) is 26.0. The van der Waals surface area contributed by atoms with Crippen molar-refractivity contribution < 1.29 is 24.0 Å². The summed E-state index contributed by atoms with van der Waals surface area (Å²) in [7, 11) is -4.64. The molecule has 0 radical (unpaired) electrons. The van der Waals surface area contributed by atoms with E-state index in [9.17, 15) is 0 Å². The Hall–Kier alpha value is -0.870. The van der Waals surface area contributed by atoms with E-state index in [2.05, 4.69) is 39.0 Å². The largest absolute Gasteiger partial charge is 0.493 e. The standard InChI is InChI=1S/C29H52O.H3O4P/c1-4-6-8-10-12-14-16-18-20-22-28-26-27(3)23-24-29(28)30-25-21-19-17-15-13-11-9-7-5-2;1-5(2,3)4/h23-24,26H,4-22,25H2,1-3H3;(H3,1,2,3,4). The lowest BCUT2D eigenvalue weighted by Crippen LogP contribution is -2.01. The van der Waals surface area contributed by atoms with Crippen LogP contribution in [0.3, 0.4) is 0 Å². The number of benzene rings is 1. The second-order valence-electron chi connectivity index (χ2n) is 9.88. The van der Waals surface area contributed by atoms with Crippen LogP contribution < -0.4 is 4.74 Å². The van der Waals surface area contributed by atoms with Crippen LogP contribution >= 0.6 is 7.82 Å². The van der Waals surface area contributed by atoms with Crippen molar-refractivity contribution in [3.8, 4) is 5.75 Å². The molecule has 0 amide bonds. The molecule has 6 heteroatoms. The molecule has 0 spiro atoms. The first-order chi connectivity index (χ1) is 16.8. The lowest BCUT2D eigenvalue weighted by molar-refractivity contribution is 0.275. The fraction of sp³-hybridized carbons (Fsp3) is 0.793. The van der Waals surface area contributed by atoms with Gasteiger partial charge in [-0.2, -0.15) is 0 Å². The van der Waals surface area contributed by atoms with E-state index >= 15 is 0 Å². The highest BCUT2D eigenvalue weighted by atomic mass is 31.2. The van der Waals surface area contributed by atoms with E-state index < -0.39 is 7.82 Å². The van der Waals surface area contributed by atoms with Gasteiger partial charge in [0.1, 0.15) is 5.75 Å². The summed E-state index contributed by atoms with van der Waals surface area (Å²) in [6.45, 7) is 7.66. The van der Waals surface area contributed by atoms with Crippen molar-refractivity contribution in [2.24, 2.45) is 0 Å². The summed E-state index contributed by atoms with van der Waals surface area (Å²) in [5.41, 5.74) is 2.78. The molecular formula is C29H55O5P. The smallest absolute Gasteiger partial charge is 0.466 e. The summed E-state index contributed by atoms with van der Waals surface area (Å²) in [6, 6.07) is 6.74. The highest BCUT2D eigenvalue weighted by Gasteiger charge is 2.05. The molecule has 1 aromatic rings. The summed E-state index contributed by atoms with van der Waals surface area (Å²) in [5.74, 6) is 1.14. The first-order valence-electron chi connectivity index (χ1n) is 14.3. The molecule has 0 aromatic heterocycles. The molecule has 5 nitrogen and oxygen atoms in total. The Bertz CT molecular complexity index is 636. The minimum absolute atomic E-state index is 0.879. The maximum atomic E-state index is 8.88. The molecule has 0 heterocycles. The first-order valence-corrected chi connectivity index (χ1v) is 15.8. The zero-order valence-corrected chi connectivity index (χ0v) is 23.9. The summed E-state index contributed by atoms with van der Waals surface area (Å²) in [6.07, 6.45) is 26.0. The molecule has 3 N–H and O–H groups in total. The SMILES string of the molecule is CCCCCCCCCCCOc1ccc(C)cc1CCCCCCCCCCC.O=P(O)(O)O. The normalized spacial score (nSPS) is 11.3. The number of ether oxygens (including phenoxy) is 1. The monoisotopic (exact) mass is 514 g/mol. The summed E-state index contributed by atoms with van der Waals surface area (Å²) < 4.78 is 15.1. The first kappa shape index (κ1) is 34.1. The van der Waals surface area contributed by atoms with Crippen LogP contribution in [0.4, 0.5) is 0 Å². The summed E-state index contributed by atoms with van der Waals surface area (Å²) >= 11 is 0. The van der Waals surface area contributed by atoms with Crippen molar-refractivity contribution in [2.45, 2.75) is 143 Å². The minimum Gasteiger partial charge on any atom is -0.493 e. The second-order valence-corrected chi connectivity index (χ2v) is 10.9. The van der Waals surface area contributed by atoms with Crippen molar-refractivity contribution in [1.29, 1.82) is 0 Å². The molecule has 0 unspecified atom stereocenters. The molecule has 0 saturated carbocycles. The van der Waals surface area contributed by atoms with E-state index in [0.29, 0.717) is 0 Å². The van der Waals surface area contributed by atoms with Gasteiger partial charge in [-0.15, -0.1) is 0 Å². The van der Waals surface area contributed by atoms with Crippen LogP contribution in [0, 0.1) is 6.92 Å². The van der Waals surface area contributed by atoms with Gasteiger partial charge in [-0.3, -0.25) is 0 Å². The van der Waals surface area contributed by atoms with Crippen LogP contribution in [0.15, 0.2) is 18.2 Å². The van der Waals surface area contributed by atoms with E-state index in [0.717, 1.165) is 12.4 Å². The average molecular weight is 515 g/mol. The van der Waals surface area contributed by atoms with Crippen molar-refractivity contribution in [3.05, 3.63) is 29.3 Å². The molecule has 206 valence electrons. The molecule has 1 rings (SSSR count). The molecule has 35 heavy (non-hydrogen) atoms. The van der Waals surface area contributed by atoms with E-state index in [1.807, 2.05) is 0 Å². The Labute approximate surface area is 216 Å². The zero-order chi connectivity index (χ0) is 26.2. The highest BCUT2D eigenvalue weighted by Crippen LogP contribution is 2.26. The average Bonchev–Trinajstić information content (AvgIpc) is 2.79. The predicted molar refractivity (Wildman–Crippen MR) is 149 cm³/mol. The Morgan fingerprint density at radius 1 is 0.657 bits per heavy atom. The summed E-state index contributed by atoms with van der Waals surface area (Å²) in [4.78, 5) is 21.6. The second kappa shape index (κ2) is 23.5. The van der Waals surface area contributed by atoms with Crippen LogP contribution in [0.25, 0.3) is 0 Å². The fourth-order valence-electron chi connectivity index (χ4n) is 4.27. The van der Waals surface area contributed by atoms with Crippen LogP contribution in [0.1, 0.15) is 141 Å². The van der Waals surface area contributed by atoms with Gasteiger partial charge in [0.05, 0.1) is 6.61 Å². The Kier molecular flexibility index (Phi) is 22.9. The molecule has 0 atom stereocenters. The number of hydrogen-bond acceptors (Lipinski definition) is 2. The van der Waals surface area contributed by atoms with Gasteiger partial charge < -0.3 is 19.4 Å². The minimum atomic E-state index is -4.64.